The van der Waals surface area contributed by atoms with Gasteiger partial charge in [0.15, 0.2) is 0 Å². The molecule has 1 N–H and O–H groups in total. The Hall–Kier alpha value is -1.72. The smallest absolute Gasteiger partial charge is 0.145 e. The van der Waals surface area contributed by atoms with Crippen molar-refractivity contribution in [2.24, 2.45) is 0 Å². The molecule has 1 unspecified atom stereocenters. The lowest BCUT2D eigenvalue weighted by molar-refractivity contribution is 0.0368. The zero-order chi connectivity index (χ0) is 13.8. The molecule has 1 aliphatic heterocycles. The molecule has 5 nitrogen and oxygen atoms in total. The molecule has 1 aromatic heterocycles. The minimum atomic E-state index is 0.337. The maximum absolute atomic E-state index is 5.36. The first-order valence-corrected chi connectivity index (χ1v) is 7.10. The van der Waals surface area contributed by atoms with E-state index in [0.29, 0.717) is 6.04 Å². The molecule has 1 fully saturated rings. The Labute approximate surface area is 119 Å². The van der Waals surface area contributed by atoms with E-state index in [9.17, 15) is 0 Å². The van der Waals surface area contributed by atoms with Crippen LogP contribution in [0.2, 0.25) is 0 Å². The molecule has 2 aromatic rings. The predicted molar refractivity (Wildman–Crippen MR) is 79.9 cm³/mol. The molecule has 0 aliphatic carbocycles. The number of anilines is 1. The molecule has 3 rings (SSSR count). The van der Waals surface area contributed by atoms with Gasteiger partial charge in [0, 0.05) is 25.7 Å². The van der Waals surface area contributed by atoms with Crippen LogP contribution in [0, 0.1) is 0 Å². The summed E-state index contributed by atoms with van der Waals surface area (Å²) in [5, 5.41) is 3.43. The summed E-state index contributed by atoms with van der Waals surface area (Å²) in [5.74, 6) is 0.837. The number of morpholine rings is 1. The van der Waals surface area contributed by atoms with Crippen LogP contribution in [0.3, 0.4) is 0 Å². The molecule has 0 bridgehead atoms. The van der Waals surface area contributed by atoms with E-state index in [1.165, 1.54) is 0 Å². The Morgan fingerprint density at radius 1 is 1.25 bits per heavy atom. The van der Waals surface area contributed by atoms with Crippen molar-refractivity contribution < 1.29 is 4.74 Å². The number of benzene rings is 1. The highest BCUT2D eigenvalue weighted by Crippen LogP contribution is 2.12. The number of rotatable bonds is 4. The fourth-order valence-electron chi connectivity index (χ4n) is 2.50. The van der Waals surface area contributed by atoms with Gasteiger partial charge < -0.3 is 10.1 Å². The summed E-state index contributed by atoms with van der Waals surface area (Å²) < 4.78 is 5.36. The molecule has 106 valence electrons. The van der Waals surface area contributed by atoms with Crippen LogP contribution in [0.1, 0.15) is 6.92 Å². The quantitative estimate of drug-likeness (QED) is 0.919. The van der Waals surface area contributed by atoms with E-state index >= 15 is 0 Å². The number of fused-ring (bicyclic) bond motifs is 1. The van der Waals surface area contributed by atoms with Gasteiger partial charge in [0.1, 0.15) is 5.82 Å². The van der Waals surface area contributed by atoms with Crippen molar-refractivity contribution in [1.29, 1.82) is 0 Å². The second-order valence-corrected chi connectivity index (χ2v) is 5.20. The van der Waals surface area contributed by atoms with Crippen molar-refractivity contribution in [2.45, 2.75) is 13.0 Å². The number of nitrogens with one attached hydrogen (secondary N) is 1. The van der Waals surface area contributed by atoms with Crippen molar-refractivity contribution in [3.63, 3.8) is 0 Å². The van der Waals surface area contributed by atoms with Gasteiger partial charge in [-0.15, -0.1) is 0 Å². The predicted octanol–water partition coefficient (Wildman–Crippen LogP) is 1.76. The van der Waals surface area contributed by atoms with Gasteiger partial charge in [-0.25, -0.2) is 4.98 Å². The number of aromatic nitrogens is 2. The molecule has 0 radical (unpaired) electrons. The van der Waals surface area contributed by atoms with Gasteiger partial charge >= 0.3 is 0 Å². The largest absolute Gasteiger partial charge is 0.379 e. The number of nitrogens with zero attached hydrogens (tertiary/aromatic N) is 3. The van der Waals surface area contributed by atoms with Crippen LogP contribution in [0.4, 0.5) is 5.82 Å². The molecular weight excluding hydrogens is 252 g/mol. The van der Waals surface area contributed by atoms with Gasteiger partial charge in [0.25, 0.3) is 0 Å². The third-order valence-electron chi connectivity index (χ3n) is 3.48. The topological polar surface area (TPSA) is 50.3 Å². The van der Waals surface area contributed by atoms with Crippen molar-refractivity contribution in [2.75, 3.05) is 38.2 Å². The van der Waals surface area contributed by atoms with Crippen LogP contribution in [0.25, 0.3) is 11.0 Å². The van der Waals surface area contributed by atoms with Crippen molar-refractivity contribution in [1.82, 2.24) is 14.9 Å². The Morgan fingerprint density at radius 2 is 2.00 bits per heavy atom. The maximum atomic E-state index is 5.36. The van der Waals surface area contributed by atoms with Gasteiger partial charge in [-0.05, 0) is 19.1 Å². The Balaban J connectivity index is 1.62. The molecule has 2 heterocycles. The molecule has 1 aromatic carbocycles. The van der Waals surface area contributed by atoms with Gasteiger partial charge in [-0.3, -0.25) is 9.88 Å². The van der Waals surface area contributed by atoms with Gasteiger partial charge in [-0.2, -0.15) is 0 Å². The van der Waals surface area contributed by atoms with Crippen LogP contribution >= 0.6 is 0 Å². The highest BCUT2D eigenvalue weighted by Gasteiger charge is 2.13. The third-order valence-corrected chi connectivity index (χ3v) is 3.48. The average Bonchev–Trinajstić information content (AvgIpc) is 2.48. The van der Waals surface area contributed by atoms with E-state index in [1.54, 1.807) is 6.20 Å². The Kier molecular flexibility index (Phi) is 4.08. The number of para-hydroxylation sites is 2. The van der Waals surface area contributed by atoms with E-state index in [-0.39, 0.29) is 0 Å². The fraction of sp³-hybridized carbons (Fsp3) is 0.467. The zero-order valence-corrected chi connectivity index (χ0v) is 11.7. The molecule has 20 heavy (non-hydrogen) atoms. The van der Waals surface area contributed by atoms with Crippen LogP contribution in [-0.4, -0.2) is 53.8 Å². The van der Waals surface area contributed by atoms with E-state index < -0.39 is 0 Å². The first-order valence-electron chi connectivity index (χ1n) is 7.10. The van der Waals surface area contributed by atoms with E-state index in [2.05, 4.69) is 27.1 Å². The first kappa shape index (κ1) is 13.3. The summed E-state index contributed by atoms with van der Waals surface area (Å²) in [6.07, 6.45) is 1.80. The monoisotopic (exact) mass is 272 g/mol. The molecule has 0 spiro atoms. The highest BCUT2D eigenvalue weighted by atomic mass is 16.5. The lowest BCUT2D eigenvalue weighted by Gasteiger charge is -2.29. The normalized spacial score (nSPS) is 18.1. The summed E-state index contributed by atoms with van der Waals surface area (Å²) in [6, 6.07) is 8.26. The number of hydrogen-bond acceptors (Lipinski definition) is 5. The second kappa shape index (κ2) is 6.15. The second-order valence-electron chi connectivity index (χ2n) is 5.20. The standard InChI is InChI=1S/C15H20N4O/c1-12(11-19-6-8-20-9-7-19)17-15-10-16-13-4-2-3-5-14(13)18-15/h2-5,10,12H,6-9,11H2,1H3,(H,17,18). The highest BCUT2D eigenvalue weighted by molar-refractivity contribution is 5.75. The summed E-state index contributed by atoms with van der Waals surface area (Å²) >= 11 is 0. The summed E-state index contributed by atoms with van der Waals surface area (Å²) in [5.41, 5.74) is 1.86. The molecule has 5 heteroatoms. The molecule has 0 saturated carbocycles. The number of ether oxygens (including phenoxy) is 1. The maximum Gasteiger partial charge on any atom is 0.145 e. The van der Waals surface area contributed by atoms with Crippen LogP contribution in [0.15, 0.2) is 30.5 Å². The van der Waals surface area contributed by atoms with E-state index in [1.807, 2.05) is 24.3 Å². The number of hydrogen-bond donors (Lipinski definition) is 1. The molecule has 0 amide bonds. The molecular formula is C15H20N4O. The van der Waals surface area contributed by atoms with Crippen LogP contribution < -0.4 is 5.32 Å². The summed E-state index contributed by atoms with van der Waals surface area (Å²) in [7, 11) is 0. The van der Waals surface area contributed by atoms with E-state index in [4.69, 9.17) is 4.74 Å². The van der Waals surface area contributed by atoms with Crippen molar-refractivity contribution >= 4 is 16.9 Å². The van der Waals surface area contributed by atoms with Gasteiger partial charge in [0.2, 0.25) is 0 Å². The van der Waals surface area contributed by atoms with E-state index in [0.717, 1.165) is 49.7 Å². The third kappa shape index (κ3) is 3.23. The van der Waals surface area contributed by atoms with Crippen LogP contribution in [0.5, 0.6) is 0 Å². The van der Waals surface area contributed by atoms with Crippen molar-refractivity contribution in [3.05, 3.63) is 30.5 Å². The average molecular weight is 272 g/mol. The van der Waals surface area contributed by atoms with Gasteiger partial charge in [0.05, 0.1) is 30.4 Å². The SMILES string of the molecule is CC(CN1CCOCC1)Nc1cnc2ccccc2n1. The van der Waals surface area contributed by atoms with Gasteiger partial charge in [-0.1, -0.05) is 12.1 Å². The fourth-order valence-corrected chi connectivity index (χ4v) is 2.50. The minimum Gasteiger partial charge on any atom is -0.379 e. The molecule has 1 aliphatic rings. The Morgan fingerprint density at radius 3 is 2.80 bits per heavy atom. The Bertz CT molecular complexity index is 569. The van der Waals surface area contributed by atoms with Crippen LogP contribution in [-0.2, 0) is 4.74 Å². The molecule has 1 saturated heterocycles. The molecule has 1 atom stereocenters. The van der Waals surface area contributed by atoms with Crippen molar-refractivity contribution in [3.8, 4) is 0 Å². The summed E-state index contributed by atoms with van der Waals surface area (Å²) in [4.78, 5) is 11.4. The first-order chi connectivity index (χ1) is 9.81. The lowest BCUT2D eigenvalue weighted by Crippen LogP contribution is -2.42. The minimum absolute atomic E-state index is 0.337. The zero-order valence-electron chi connectivity index (χ0n) is 11.7. The lowest BCUT2D eigenvalue weighted by atomic mass is 10.2. The summed E-state index contributed by atoms with van der Waals surface area (Å²) in [6.45, 7) is 6.86.